The number of rotatable bonds is 4. The van der Waals surface area contributed by atoms with Crippen LogP contribution in [0.25, 0.3) is 0 Å². The third-order valence-corrected chi connectivity index (χ3v) is 5.22. The van der Waals surface area contributed by atoms with Gasteiger partial charge in [-0.05, 0) is 24.8 Å². The number of ether oxygens (including phenoxy) is 1. The van der Waals surface area contributed by atoms with E-state index in [1.165, 1.54) is 0 Å². The van der Waals surface area contributed by atoms with E-state index in [0.29, 0.717) is 26.1 Å². The Morgan fingerprint density at radius 1 is 1.24 bits per heavy atom. The first-order valence-corrected chi connectivity index (χ1v) is 9.25. The Morgan fingerprint density at radius 3 is 2.56 bits per heavy atom. The Hall–Kier alpha value is -1.88. The van der Waals surface area contributed by atoms with Gasteiger partial charge >= 0.3 is 0 Å². The number of nitrogens with zero attached hydrogens (tertiary/aromatic N) is 2. The fourth-order valence-electron chi connectivity index (χ4n) is 3.84. The van der Waals surface area contributed by atoms with Crippen LogP contribution in [0.1, 0.15) is 45.3 Å². The van der Waals surface area contributed by atoms with E-state index in [9.17, 15) is 9.59 Å². The number of carbonyl (C=O) groups is 2. The lowest BCUT2D eigenvalue weighted by molar-refractivity contribution is -0.155. The van der Waals surface area contributed by atoms with Crippen molar-refractivity contribution in [3.63, 3.8) is 0 Å². The number of carbonyl (C=O) groups excluding carboxylic acids is 2. The molecular weight excluding hydrogens is 316 g/mol. The number of hydrogen-bond acceptors (Lipinski definition) is 3. The van der Waals surface area contributed by atoms with Crippen LogP contribution >= 0.6 is 0 Å². The fraction of sp³-hybridized carbons (Fsp3) is 0.600. The molecule has 3 rings (SSSR count). The van der Waals surface area contributed by atoms with Crippen LogP contribution in [-0.2, 0) is 14.3 Å². The molecule has 25 heavy (non-hydrogen) atoms. The Kier molecular flexibility index (Phi) is 5.42. The standard InChI is InChI=1S/C20H28N2O3/c1-14(2)19(21-11-7-10-18(21)23)20(24)22-12-17(25-13-15(22)3)16-8-5-4-6-9-16/h4-6,8-9,14-15,17,19H,7,10-13H2,1-3H3/t15-,17+,19-/m1/s1. The molecule has 0 saturated carbocycles. The summed E-state index contributed by atoms with van der Waals surface area (Å²) in [5.41, 5.74) is 1.09. The van der Waals surface area contributed by atoms with E-state index in [0.717, 1.165) is 12.0 Å². The van der Waals surface area contributed by atoms with Gasteiger partial charge in [0.2, 0.25) is 11.8 Å². The van der Waals surface area contributed by atoms with Gasteiger partial charge in [0.15, 0.2) is 0 Å². The molecule has 0 N–H and O–H groups in total. The molecule has 1 aromatic carbocycles. The summed E-state index contributed by atoms with van der Waals surface area (Å²) in [6.07, 6.45) is 1.30. The maximum absolute atomic E-state index is 13.3. The molecule has 0 unspecified atom stereocenters. The van der Waals surface area contributed by atoms with Crippen LogP contribution in [0.3, 0.4) is 0 Å². The van der Waals surface area contributed by atoms with Gasteiger partial charge < -0.3 is 14.5 Å². The number of likely N-dealkylation sites (tertiary alicyclic amines) is 1. The van der Waals surface area contributed by atoms with Gasteiger partial charge in [-0.1, -0.05) is 44.2 Å². The minimum Gasteiger partial charge on any atom is -0.370 e. The summed E-state index contributed by atoms with van der Waals surface area (Å²) in [6, 6.07) is 9.68. The van der Waals surface area contributed by atoms with Gasteiger partial charge in [-0.15, -0.1) is 0 Å². The molecule has 5 heteroatoms. The quantitative estimate of drug-likeness (QED) is 0.844. The van der Waals surface area contributed by atoms with Crippen molar-refractivity contribution in [1.29, 1.82) is 0 Å². The SMILES string of the molecule is CC(C)[C@H](C(=O)N1C[C@@H](c2ccccc2)OC[C@H]1C)N1CCCC1=O. The van der Waals surface area contributed by atoms with E-state index in [4.69, 9.17) is 4.74 Å². The highest BCUT2D eigenvalue weighted by molar-refractivity contribution is 5.89. The van der Waals surface area contributed by atoms with Crippen molar-refractivity contribution >= 4 is 11.8 Å². The zero-order valence-corrected chi connectivity index (χ0v) is 15.4. The van der Waals surface area contributed by atoms with E-state index in [-0.39, 0.29) is 35.9 Å². The molecule has 136 valence electrons. The molecule has 0 aromatic heterocycles. The van der Waals surface area contributed by atoms with Gasteiger partial charge in [0, 0.05) is 13.0 Å². The molecule has 0 spiro atoms. The summed E-state index contributed by atoms with van der Waals surface area (Å²) in [5.74, 6) is 0.259. The highest BCUT2D eigenvalue weighted by Gasteiger charge is 2.40. The van der Waals surface area contributed by atoms with Crippen LogP contribution in [0.2, 0.25) is 0 Å². The van der Waals surface area contributed by atoms with E-state index in [1.54, 1.807) is 4.90 Å². The van der Waals surface area contributed by atoms with E-state index in [1.807, 2.05) is 56.0 Å². The number of benzene rings is 1. The first kappa shape index (κ1) is 17.9. The van der Waals surface area contributed by atoms with Gasteiger partial charge in [-0.2, -0.15) is 0 Å². The van der Waals surface area contributed by atoms with Crippen LogP contribution in [0.15, 0.2) is 30.3 Å². The van der Waals surface area contributed by atoms with Crippen LogP contribution in [0.5, 0.6) is 0 Å². The lowest BCUT2D eigenvalue weighted by atomic mass is 9.98. The first-order chi connectivity index (χ1) is 12.0. The van der Waals surface area contributed by atoms with Crippen molar-refractivity contribution in [1.82, 2.24) is 9.80 Å². The number of hydrogen-bond donors (Lipinski definition) is 0. The monoisotopic (exact) mass is 344 g/mol. The van der Waals surface area contributed by atoms with Gasteiger partial charge in [0.1, 0.15) is 12.1 Å². The van der Waals surface area contributed by atoms with Crippen molar-refractivity contribution in [3.8, 4) is 0 Å². The molecule has 2 amide bonds. The van der Waals surface area contributed by atoms with Crippen molar-refractivity contribution in [2.24, 2.45) is 5.92 Å². The predicted molar refractivity (Wildman–Crippen MR) is 95.9 cm³/mol. The number of morpholine rings is 1. The fourth-order valence-corrected chi connectivity index (χ4v) is 3.84. The minimum absolute atomic E-state index is 0.0198. The topological polar surface area (TPSA) is 49.9 Å². The Bertz CT molecular complexity index is 617. The average Bonchev–Trinajstić information content (AvgIpc) is 3.01. The van der Waals surface area contributed by atoms with Crippen molar-refractivity contribution in [2.45, 2.75) is 51.8 Å². The lowest BCUT2D eigenvalue weighted by Crippen LogP contribution is -2.57. The molecule has 0 bridgehead atoms. The molecule has 2 heterocycles. The largest absolute Gasteiger partial charge is 0.370 e. The summed E-state index contributed by atoms with van der Waals surface area (Å²) >= 11 is 0. The molecule has 0 aliphatic carbocycles. The second kappa shape index (κ2) is 7.56. The van der Waals surface area contributed by atoms with E-state index < -0.39 is 0 Å². The molecule has 1 aromatic rings. The molecule has 2 saturated heterocycles. The van der Waals surface area contributed by atoms with Gasteiger partial charge in [0.25, 0.3) is 0 Å². The van der Waals surface area contributed by atoms with Crippen molar-refractivity contribution in [2.75, 3.05) is 19.7 Å². The molecule has 2 aliphatic rings. The molecule has 2 fully saturated rings. The smallest absolute Gasteiger partial charge is 0.246 e. The zero-order chi connectivity index (χ0) is 18.0. The second-order valence-electron chi connectivity index (χ2n) is 7.45. The molecule has 5 nitrogen and oxygen atoms in total. The van der Waals surface area contributed by atoms with Crippen LogP contribution in [0.4, 0.5) is 0 Å². The maximum atomic E-state index is 13.3. The average molecular weight is 344 g/mol. The highest BCUT2D eigenvalue weighted by atomic mass is 16.5. The zero-order valence-electron chi connectivity index (χ0n) is 15.4. The predicted octanol–water partition coefficient (Wildman–Crippen LogP) is 2.62. The minimum atomic E-state index is -0.369. The molecule has 3 atom stereocenters. The Labute approximate surface area is 149 Å². The van der Waals surface area contributed by atoms with E-state index in [2.05, 4.69) is 0 Å². The maximum Gasteiger partial charge on any atom is 0.246 e. The molecule has 0 radical (unpaired) electrons. The van der Waals surface area contributed by atoms with Crippen LogP contribution in [-0.4, -0.2) is 53.4 Å². The summed E-state index contributed by atoms with van der Waals surface area (Å²) in [7, 11) is 0. The lowest BCUT2D eigenvalue weighted by Gasteiger charge is -2.42. The van der Waals surface area contributed by atoms with Crippen molar-refractivity contribution < 1.29 is 14.3 Å². The summed E-state index contributed by atoms with van der Waals surface area (Å²) < 4.78 is 5.97. The normalized spacial score (nSPS) is 25.5. The van der Waals surface area contributed by atoms with Gasteiger partial charge in [-0.25, -0.2) is 0 Å². The highest BCUT2D eigenvalue weighted by Crippen LogP contribution is 2.28. The molecule has 2 aliphatic heterocycles. The molecular formula is C20H28N2O3. The van der Waals surface area contributed by atoms with Gasteiger partial charge in [-0.3, -0.25) is 9.59 Å². The van der Waals surface area contributed by atoms with Gasteiger partial charge in [0.05, 0.1) is 19.2 Å². The summed E-state index contributed by atoms with van der Waals surface area (Å²) in [4.78, 5) is 29.2. The number of amides is 2. The van der Waals surface area contributed by atoms with Crippen LogP contribution < -0.4 is 0 Å². The second-order valence-corrected chi connectivity index (χ2v) is 7.45. The van der Waals surface area contributed by atoms with Crippen LogP contribution in [0, 0.1) is 5.92 Å². The Morgan fingerprint density at radius 2 is 1.96 bits per heavy atom. The first-order valence-electron chi connectivity index (χ1n) is 9.25. The summed E-state index contributed by atoms with van der Waals surface area (Å²) in [6.45, 7) is 7.80. The Balaban J connectivity index is 1.79. The third-order valence-electron chi connectivity index (χ3n) is 5.22. The van der Waals surface area contributed by atoms with Crippen molar-refractivity contribution in [3.05, 3.63) is 35.9 Å². The summed E-state index contributed by atoms with van der Waals surface area (Å²) in [5, 5.41) is 0. The third kappa shape index (κ3) is 3.71. The van der Waals surface area contributed by atoms with E-state index >= 15 is 0 Å².